The standard InChI is InChI=1S/C15H20ClNO/c1-18-11-10-17-12-15(8-4-5-9-15)13-6-2-3-7-14(13)16/h2-7,17H,8-12H2,1H3. The van der Waals surface area contributed by atoms with E-state index in [1.165, 1.54) is 5.56 Å². The molecule has 0 unspecified atom stereocenters. The Balaban J connectivity index is 2.10. The van der Waals surface area contributed by atoms with Crippen molar-refractivity contribution in [2.24, 2.45) is 0 Å². The van der Waals surface area contributed by atoms with Crippen LogP contribution in [0.4, 0.5) is 0 Å². The van der Waals surface area contributed by atoms with Gasteiger partial charge in [0.1, 0.15) is 0 Å². The number of benzene rings is 1. The molecule has 0 radical (unpaired) electrons. The molecule has 18 heavy (non-hydrogen) atoms. The van der Waals surface area contributed by atoms with Crippen LogP contribution in [0.1, 0.15) is 18.4 Å². The summed E-state index contributed by atoms with van der Waals surface area (Å²) in [6, 6.07) is 8.18. The molecule has 0 bridgehead atoms. The van der Waals surface area contributed by atoms with Crippen LogP contribution in [0.15, 0.2) is 36.4 Å². The summed E-state index contributed by atoms with van der Waals surface area (Å²) in [5, 5.41) is 4.34. The second-order valence-corrected chi connectivity index (χ2v) is 5.22. The van der Waals surface area contributed by atoms with E-state index in [4.69, 9.17) is 16.3 Å². The molecule has 98 valence electrons. The van der Waals surface area contributed by atoms with Crippen LogP contribution in [0.2, 0.25) is 5.02 Å². The van der Waals surface area contributed by atoms with Crippen molar-refractivity contribution in [1.29, 1.82) is 0 Å². The number of nitrogens with one attached hydrogen (secondary N) is 1. The zero-order valence-electron chi connectivity index (χ0n) is 10.8. The summed E-state index contributed by atoms with van der Waals surface area (Å²) in [6.45, 7) is 2.56. The van der Waals surface area contributed by atoms with Crippen LogP contribution in [0.3, 0.4) is 0 Å². The van der Waals surface area contributed by atoms with Gasteiger partial charge in [-0.25, -0.2) is 0 Å². The fourth-order valence-corrected chi connectivity index (χ4v) is 2.89. The summed E-state index contributed by atoms with van der Waals surface area (Å²) >= 11 is 6.35. The van der Waals surface area contributed by atoms with Gasteiger partial charge in [0.05, 0.1) is 6.61 Å². The molecule has 2 rings (SSSR count). The lowest BCUT2D eigenvalue weighted by Crippen LogP contribution is -2.37. The zero-order valence-corrected chi connectivity index (χ0v) is 11.5. The molecule has 1 aromatic carbocycles. The van der Waals surface area contributed by atoms with E-state index in [9.17, 15) is 0 Å². The number of hydrogen-bond acceptors (Lipinski definition) is 2. The molecule has 3 heteroatoms. The largest absolute Gasteiger partial charge is 0.383 e. The van der Waals surface area contributed by atoms with E-state index in [-0.39, 0.29) is 5.41 Å². The molecule has 0 fully saturated rings. The van der Waals surface area contributed by atoms with E-state index in [1.807, 2.05) is 12.1 Å². The summed E-state index contributed by atoms with van der Waals surface area (Å²) in [5.74, 6) is 0. The highest BCUT2D eigenvalue weighted by Gasteiger charge is 2.33. The number of allylic oxidation sites excluding steroid dienone is 2. The second kappa shape index (κ2) is 6.37. The molecule has 1 aromatic rings. The first-order valence-corrected chi connectivity index (χ1v) is 6.76. The van der Waals surface area contributed by atoms with Gasteiger partial charge in [0.25, 0.3) is 0 Å². The molecule has 0 aliphatic heterocycles. The van der Waals surface area contributed by atoms with Gasteiger partial charge in [-0.15, -0.1) is 0 Å². The Morgan fingerprint density at radius 2 is 2.00 bits per heavy atom. The van der Waals surface area contributed by atoms with E-state index in [1.54, 1.807) is 7.11 Å². The third-order valence-electron chi connectivity index (χ3n) is 3.58. The number of ether oxygens (including phenoxy) is 1. The molecule has 0 atom stereocenters. The Bertz CT molecular complexity index is 409. The summed E-state index contributed by atoms with van der Waals surface area (Å²) in [5.41, 5.74) is 1.37. The van der Waals surface area contributed by atoms with E-state index >= 15 is 0 Å². The van der Waals surface area contributed by atoms with Gasteiger partial charge in [0.2, 0.25) is 0 Å². The minimum absolute atomic E-state index is 0.117. The topological polar surface area (TPSA) is 21.3 Å². The van der Waals surface area contributed by atoms with Gasteiger partial charge in [-0.05, 0) is 24.5 Å². The molecule has 1 N–H and O–H groups in total. The molecule has 1 aliphatic rings. The van der Waals surface area contributed by atoms with Crippen molar-refractivity contribution in [3.63, 3.8) is 0 Å². The van der Waals surface area contributed by atoms with Gasteiger partial charge in [0, 0.05) is 30.6 Å². The first-order valence-electron chi connectivity index (χ1n) is 6.38. The molecule has 0 amide bonds. The third kappa shape index (κ3) is 2.94. The summed E-state index contributed by atoms with van der Waals surface area (Å²) in [7, 11) is 1.72. The molecule has 0 saturated heterocycles. The van der Waals surface area contributed by atoms with Gasteiger partial charge < -0.3 is 10.1 Å². The maximum atomic E-state index is 6.35. The van der Waals surface area contributed by atoms with Crippen LogP contribution >= 0.6 is 11.6 Å². The fraction of sp³-hybridized carbons (Fsp3) is 0.467. The highest BCUT2D eigenvalue weighted by Crippen LogP contribution is 2.39. The lowest BCUT2D eigenvalue weighted by molar-refractivity contribution is 0.196. The van der Waals surface area contributed by atoms with E-state index in [0.29, 0.717) is 0 Å². The monoisotopic (exact) mass is 265 g/mol. The molecular weight excluding hydrogens is 246 g/mol. The Morgan fingerprint density at radius 3 is 2.67 bits per heavy atom. The number of hydrogen-bond donors (Lipinski definition) is 1. The van der Waals surface area contributed by atoms with Crippen molar-refractivity contribution in [2.75, 3.05) is 26.8 Å². The second-order valence-electron chi connectivity index (χ2n) is 4.81. The Hall–Kier alpha value is -0.830. The minimum Gasteiger partial charge on any atom is -0.383 e. The summed E-state index contributed by atoms with van der Waals surface area (Å²) < 4.78 is 5.06. The number of halogens is 1. The molecule has 2 nitrogen and oxygen atoms in total. The van der Waals surface area contributed by atoms with E-state index in [2.05, 4.69) is 29.6 Å². The first kappa shape index (κ1) is 13.6. The minimum atomic E-state index is 0.117. The molecule has 0 heterocycles. The molecule has 1 aliphatic carbocycles. The van der Waals surface area contributed by atoms with Crippen LogP contribution in [0.5, 0.6) is 0 Å². The zero-order chi connectivity index (χ0) is 12.8. The van der Waals surface area contributed by atoms with Gasteiger partial charge in [0.15, 0.2) is 0 Å². The third-order valence-corrected chi connectivity index (χ3v) is 3.90. The molecular formula is C15H20ClNO. The van der Waals surface area contributed by atoms with Crippen molar-refractivity contribution < 1.29 is 4.74 Å². The van der Waals surface area contributed by atoms with Gasteiger partial charge >= 0.3 is 0 Å². The predicted molar refractivity (Wildman–Crippen MR) is 76.2 cm³/mol. The Kier molecular flexibility index (Phi) is 4.81. The number of rotatable bonds is 6. The van der Waals surface area contributed by atoms with Crippen LogP contribution in [-0.2, 0) is 10.2 Å². The quantitative estimate of drug-likeness (QED) is 0.630. The van der Waals surface area contributed by atoms with Crippen molar-refractivity contribution in [3.8, 4) is 0 Å². The Morgan fingerprint density at radius 1 is 1.28 bits per heavy atom. The summed E-state index contributed by atoms with van der Waals surface area (Å²) in [6.07, 6.45) is 6.61. The molecule has 0 spiro atoms. The van der Waals surface area contributed by atoms with Crippen molar-refractivity contribution in [2.45, 2.75) is 18.3 Å². The van der Waals surface area contributed by atoms with Crippen LogP contribution in [0.25, 0.3) is 0 Å². The van der Waals surface area contributed by atoms with E-state index in [0.717, 1.165) is 37.6 Å². The average molecular weight is 266 g/mol. The maximum Gasteiger partial charge on any atom is 0.0587 e. The SMILES string of the molecule is COCCNCC1(c2ccccc2Cl)CC=CC1. The van der Waals surface area contributed by atoms with Gasteiger partial charge in [-0.1, -0.05) is 42.0 Å². The van der Waals surface area contributed by atoms with Crippen LogP contribution in [0, 0.1) is 0 Å². The van der Waals surface area contributed by atoms with E-state index < -0.39 is 0 Å². The molecule has 0 aromatic heterocycles. The lowest BCUT2D eigenvalue weighted by atomic mass is 9.78. The van der Waals surface area contributed by atoms with Gasteiger partial charge in [-0.3, -0.25) is 0 Å². The van der Waals surface area contributed by atoms with Gasteiger partial charge in [-0.2, -0.15) is 0 Å². The van der Waals surface area contributed by atoms with Crippen molar-refractivity contribution in [1.82, 2.24) is 5.32 Å². The predicted octanol–water partition coefficient (Wildman–Crippen LogP) is 3.16. The van der Waals surface area contributed by atoms with Crippen molar-refractivity contribution in [3.05, 3.63) is 47.0 Å². The smallest absolute Gasteiger partial charge is 0.0587 e. The highest BCUT2D eigenvalue weighted by atomic mass is 35.5. The van der Waals surface area contributed by atoms with Crippen LogP contribution in [-0.4, -0.2) is 26.8 Å². The van der Waals surface area contributed by atoms with Crippen molar-refractivity contribution >= 4 is 11.6 Å². The highest BCUT2D eigenvalue weighted by molar-refractivity contribution is 6.31. The Labute approximate surface area is 114 Å². The first-order chi connectivity index (χ1) is 8.78. The normalized spacial score (nSPS) is 17.2. The molecule has 0 saturated carbocycles. The number of methoxy groups -OCH3 is 1. The average Bonchev–Trinajstić information content (AvgIpc) is 2.85. The fourth-order valence-electron chi connectivity index (χ4n) is 2.55. The van der Waals surface area contributed by atoms with Crippen LogP contribution < -0.4 is 5.32 Å². The summed E-state index contributed by atoms with van der Waals surface area (Å²) in [4.78, 5) is 0. The maximum absolute atomic E-state index is 6.35. The lowest BCUT2D eigenvalue weighted by Gasteiger charge is -2.31.